The first-order valence-corrected chi connectivity index (χ1v) is 8.13. The minimum absolute atomic E-state index is 0.137. The van der Waals surface area contributed by atoms with Crippen LogP contribution in [0, 0.1) is 6.92 Å². The molecule has 20 heavy (non-hydrogen) atoms. The molecule has 2 heterocycles. The van der Waals surface area contributed by atoms with E-state index in [-0.39, 0.29) is 11.7 Å². The molecule has 1 saturated heterocycles. The lowest BCUT2D eigenvalue weighted by Crippen LogP contribution is -2.45. The lowest BCUT2D eigenvalue weighted by molar-refractivity contribution is -0.182. The molecule has 0 aromatic carbocycles. The zero-order valence-electron chi connectivity index (χ0n) is 12.1. The maximum atomic E-state index is 12.5. The summed E-state index contributed by atoms with van der Waals surface area (Å²) < 4.78 is 11.5. The highest BCUT2D eigenvalue weighted by molar-refractivity contribution is 7.08. The number of nitrogens with zero attached hydrogens (tertiary/aromatic N) is 1. The molecule has 1 spiro atoms. The third-order valence-corrected chi connectivity index (χ3v) is 5.35. The van der Waals surface area contributed by atoms with Gasteiger partial charge in [-0.3, -0.25) is 4.79 Å². The SMILES string of the molecule is Cc1cscc1C(=O)N(C)C1CCC2(CC1)OCCO2. The minimum Gasteiger partial charge on any atom is -0.348 e. The fourth-order valence-electron chi connectivity index (χ4n) is 3.15. The van der Waals surface area contributed by atoms with Gasteiger partial charge in [0, 0.05) is 31.3 Å². The number of ether oxygens (including phenoxy) is 2. The van der Waals surface area contributed by atoms with Crippen LogP contribution in [0.25, 0.3) is 0 Å². The number of aryl methyl sites for hydroxylation is 1. The molecule has 5 heteroatoms. The Kier molecular flexibility index (Phi) is 3.84. The quantitative estimate of drug-likeness (QED) is 0.842. The van der Waals surface area contributed by atoms with Gasteiger partial charge in [-0.25, -0.2) is 0 Å². The average molecular weight is 295 g/mol. The molecule has 1 aliphatic heterocycles. The van der Waals surface area contributed by atoms with E-state index in [0.717, 1.165) is 36.8 Å². The van der Waals surface area contributed by atoms with Gasteiger partial charge in [-0.05, 0) is 30.7 Å². The molecule has 4 nitrogen and oxygen atoms in total. The Morgan fingerprint density at radius 3 is 2.50 bits per heavy atom. The van der Waals surface area contributed by atoms with Crippen LogP contribution >= 0.6 is 11.3 Å². The number of carbonyl (C=O) groups excluding carboxylic acids is 1. The van der Waals surface area contributed by atoms with Gasteiger partial charge in [-0.2, -0.15) is 11.3 Å². The molecular weight excluding hydrogens is 274 g/mol. The lowest BCUT2D eigenvalue weighted by atomic mass is 9.89. The highest BCUT2D eigenvalue weighted by atomic mass is 32.1. The van der Waals surface area contributed by atoms with Gasteiger partial charge in [0.25, 0.3) is 5.91 Å². The second-order valence-corrected chi connectivity index (χ2v) is 6.47. The molecule has 1 aromatic heterocycles. The van der Waals surface area contributed by atoms with Crippen molar-refractivity contribution < 1.29 is 14.3 Å². The van der Waals surface area contributed by atoms with Gasteiger partial charge in [-0.15, -0.1) is 0 Å². The van der Waals surface area contributed by atoms with Crippen LogP contribution in [0.3, 0.4) is 0 Å². The standard InChI is InChI=1S/C15H21NO3S/c1-11-9-20-10-13(11)14(17)16(2)12-3-5-15(6-4-12)18-7-8-19-15/h9-10,12H,3-8H2,1-2H3. The predicted octanol–water partition coefficient (Wildman–Crippen LogP) is 2.81. The summed E-state index contributed by atoms with van der Waals surface area (Å²) in [6.45, 7) is 3.40. The zero-order chi connectivity index (χ0) is 14.2. The molecule has 0 N–H and O–H groups in total. The third kappa shape index (κ3) is 2.50. The Morgan fingerprint density at radius 2 is 1.95 bits per heavy atom. The second kappa shape index (κ2) is 5.47. The fourth-order valence-corrected chi connectivity index (χ4v) is 3.97. The maximum Gasteiger partial charge on any atom is 0.254 e. The number of hydrogen-bond donors (Lipinski definition) is 0. The van der Waals surface area contributed by atoms with E-state index in [9.17, 15) is 4.79 Å². The summed E-state index contributed by atoms with van der Waals surface area (Å²) >= 11 is 1.59. The van der Waals surface area contributed by atoms with Crippen LogP contribution in [0.5, 0.6) is 0 Å². The van der Waals surface area contributed by atoms with E-state index in [2.05, 4.69) is 0 Å². The van der Waals surface area contributed by atoms with Crippen LogP contribution in [0.1, 0.15) is 41.6 Å². The average Bonchev–Trinajstić information content (AvgIpc) is 3.08. The first kappa shape index (κ1) is 14.0. The summed E-state index contributed by atoms with van der Waals surface area (Å²) in [6.07, 6.45) is 3.67. The van der Waals surface area contributed by atoms with Crippen molar-refractivity contribution >= 4 is 17.2 Å². The summed E-state index contributed by atoms with van der Waals surface area (Å²) in [5.74, 6) is -0.212. The van der Waals surface area contributed by atoms with Crippen molar-refractivity contribution in [2.45, 2.75) is 44.4 Å². The van der Waals surface area contributed by atoms with Crippen molar-refractivity contribution in [3.8, 4) is 0 Å². The molecule has 3 rings (SSSR count). The smallest absolute Gasteiger partial charge is 0.254 e. The fraction of sp³-hybridized carbons (Fsp3) is 0.667. The Morgan fingerprint density at radius 1 is 1.30 bits per heavy atom. The molecule has 0 atom stereocenters. The highest BCUT2D eigenvalue weighted by Crippen LogP contribution is 2.37. The van der Waals surface area contributed by atoms with E-state index in [1.165, 1.54) is 0 Å². The van der Waals surface area contributed by atoms with Gasteiger partial charge in [0.15, 0.2) is 5.79 Å². The largest absolute Gasteiger partial charge is 0.348 e. The van der Waals surface area contributed by atoms with Gasteiger partial charge in [0.1, 0.15) is 0 Å². The summed E-state index contributed by atoms with van der Waals surface area (Å²) in [4.78, 5) is 14.4. The zero-order valence-corrected chi connectivity index (χ0v) is 12.9. The Balaban J connectivity index is 1.63. The first-order chi connectivity index (χ1) is 9.61. The maximum absolute atomic E-state index is 12.5. The summed E-state index contributed by atoms with van der Waals surface area (Å²) in [5.41, 5.74) is 1.91. The topological polar surface area (TPSA) is 38.8 Å². The summed E-state index contributed by atoms with van der Waals surface area (Å²) in [5, 5.41) is 3.97. The number of hydrogen-bond acceptors (Lipinski definition) is 4. The van der Waals surface area contributed by atoms with Crippen LogP contribution in [0.2, 0.25) is 0 Å². The lowest BCUT2D eigenvalue weighted by Gasteiger charge is -2.39. The van der Waals surface area contributed by atoms with E-state index in [4.69, 9.17) is 9.47 Å². The van der Waals surface area contributed by atoms with Gasteiger partial charge in [-0.1, -0.05) is 0 Å². The second-order valence-electron chi connectivity index (χ2n) is 5.72. The molecule has 0 bridgehead atoms. The molecule has 0 radical (unpaired) electrons. The van der Waals surface area contributed by atoms with E-state index >= 15 is 0 Å². The monoisotopic (exact) mass is 295 g/mol. The van der Waals surface area contributed by atoms with Crippen molar-refractivity contribution in [3.63, 3.8) is 0 Å². The first-order valence-electron chi connectivity index (χ1n) is 7.19. The van der Waals surface area contributed by atoms with Gasteiger partial charge in [0.05, 0.1) is 18.8 Å². The number of amides is 1. The number of rotatable bonds is 2. The van der Waals surface area contributed by atoms with Gasteiger partial charge in [0.2, 0.25) is 0 Å². The highest BCUT2D eigenvalue weighted by Gasteiger charge is 2.41. The van der Waals surface area contributed by atoms with Crippen LogP contribution in [0.4, 0.5) is 0 Å². The predicted molar refractivity (Wildman–Crippen MR) is 78.0 cm³/mol. The number of carbonyl (C=O) groups is 1. The van der Waals surface area contributed by atoms with Gasteiger partial charge < -0.3 is 14.4 Å². The van der Waals surface area contributed by atoms with Crippen molar-refractivity contribution in [2.24, 2.45) is 0 Å². The third-order valence-electron chi connectivity index (χ3n) is 4.48. The molecule has 110 valence electrons. The molecular formula is C15H21NO3S. The van der Waals surface area contributed by atoms with Gasteiger partial charge >= 0.3 is 0 Å². The van der Waals surface area contributed by atoms with E-state index in [1.54, 1.807) is 11.3 Å². The van der Waals surface area contributed by atoms with Crippen LogP contribution in [0.15, 0.2) is 10.8 Å². The minimum atomic E-state index is -0.349. The normalized spacial score (nSPS) is 22.3. The van der Waals surface area contributed by atoms with Crippen LogP contribution in [-0.4, -0.2) is 42.9 Å². The molecule has 2 aliphatic rings. The molecule has 1 amide bonds. The van der Waals surface area contributed by atoms with Crippen LogP contribution in [-0.2, 0) is 9.47 Å². The molecule has 1 saturated carbocycles. The molecule has 1 aromatic rings. The van der Waals surface area contributed by atoms with Crippen LogP contribution < -0.4 is 0 Å². The van der Waals surface area contributed by atoms with Crippen molar-refractivity contribution in [3.05, 3.63) is 21.9 Å². The summed E-state index contributed by atoms with van der Waals surface area (Å²) in [6, 6.07) is 0.292. The summed E-state index contributed by atoms with van der Waals surface area (Å²) in [7, 11) is 1.92. The Hall–Kier alpha value is -0.910. The van der Waals surface area contributed by atoms with E-state index < -0.39 is 0 Å². The van der Waals surface area contributed by atoms with E-state index in [1.807, 2.05) is 29.6 Å². The molecule has 0 unspecified atom stereocenters. The van der Waals surface area contributed by atoms with Crippen molar-refractivity contribution in [1.82, 2.24) is 4.90 Å². The molecule has 1 aliphatic carbocycles. The Labute approximate surface area is 123 Å². The van der Waals surface area contributed by atoms with Crippen molar-refractivity contribution in [2.75, 3.05) is 20.3 Å². The number of thiophene rings is 1. The molecule has 2 fully saturated rings. The Bertz CT molecular complexity index is 483. The van der Waals surface area contributed by atoms with E-state index in [0.29, 0.717) is 19.3 Å². The van der Waals surface area contributed by atoms with Crippen molar-refractivity contribution in [1.29, 1.82) is 0 Å².